The fraction of sp³-hybridized carbons (Fsp3) is 0.750. The average Bonchev–Trinajstić information content (AvgIpc) is 2.56. The number of aliphatic hydroxyl groups excluding tert-OH is 5. The molecule has 0 heterocycles. The molecule has 13 heteroatoms. The molecule has 2 amide bonds. The van der Waals surface area contributed by atoms with E-state index in [1.54, 1.807) is 11.8 Å². The SMILES string of the molecule is CSCC[C@H](N)C(=O)O.NC(N)=O.O=C[C@H](O)[C@@H](O)[C@H](O)[C@H](O)CO. The van der Waals surface area contributed by atoms with Crippen LogP contribution in [0, 0.1) is 0 Å². The fourth-order valence-electron chi connectivity index (χ4n) is 0.986. The highest BCUT2D eigenvalue weighted by atomic mass is 32.2. The summed E-state index contributed by atoms with van der Waals surface area (Å²) in [7, 11) is 0. The molecule has 0 saturated heterocycles. The number of carbonyl (C=O) groups excluding carboxylic acids is 2. The number of amides is 2. The molecule has 0 aromatic rings. The number of urea groups is 1. The van der Waals surface area contributed by atoms with Gasteiger partial charge in [-0.15, -0.1) is 0 Å². The molecule has 0 aromatic carbocycles. The molecule has 0 aromatic heterocycles. The van der Waals surface area contributed by atoms with Gasteiger partial charge in [0.25, 0.3) is 0 Å². The quantitative estimate of drug-likeness (QED) is 0.171. The first-order valence-corrected chi connectivity index (χ1v) is 8.16. The van der Waals surface area contributed by atoms with Crippen molar-refractivity contribution in [1.29, 1.82) is 0 Å². The first kappa shape index (κ1) is 28.3. The molecule has 0 spiro atoms. The summed E-state index contributed by atoms with van der Waals surface area (Å²) in [5.41, 5.74) is 13.7. The number of hydrogen-bond donors (Lipinski definition) is 9. The van der Waals surface area contributed by atoms with E-state index < -0.39 is 49.1 Å². The number of aldehydes is 1. The summed E-state index contributed by atoms with van der Waals surface area (Å²) in [6.45, 7) is -0.760. The molecular formula is C12H27N3O9S. The molecule has 0 aliphatic rings. The average molecular weight is 389 g/mol. The van der Waals surface area contributed by atoms with Gasteiger partial charge in [0.05, 0.1) is 6.61 Å². The highest BCUT2D eigenvalue weighted by molar-refractivity contribution is 7.98. The number of aliphatic hydroxyl groups is 5. The zero-order valence-corrected chi connectivity index (χ0v) is 14.5. The van der Waals surface area contributed by atoms with Crippen LogP contribution in [0.4, 0.5) is 4.79 Å². The van der Waals surface area contributed by atoms with Gasteiger partial charge in [0, 0.05) is 0 Å². The number of hydrogen-bond acceptors (Lipinski definition) is 10. The van der Waals surface area contributed by atoms with Crippen molar-refractivity contribution in [1.82, 2.24) is 0 Å². The van der Waals surface area contributed by atoms with Crippen LogP contribution in [-0.4, -0.2) is 98.0 Å². The first-order chi connectivity index (χ1) is 11.5. The lowest BCUT2D eigenvalue weighted by atomic mass is 10.0. The van der Waals surface area contributed by atoms with E-state index in [0.29, 0.717) is 6.42 Å². The molecule has 0 aliphatic carbocycles. The first-order valence-electron chi connectivity index (χ1n) is 6.76. The lowest BCUT2D eigenvalue weighted by molar-refractivity contribution is -0.138. The Labute approximate surface area is 148 Å². The van der Waals surface area contributed by atoms with Gasteiger partial charge in [0.2, 0.25) is 0 Å². The van der Waals surface area contributed by atoms with Crippen LogP contribution < -0.4 is 17.2 Å². The van der Waals surface area contributed by atoms with Crippen molar-refractivity contribution in [2.75, 3.05) is 18.6 Å². The second kappa shape index (κ2) is 17.3. The van der Waals surface area contributed by atoms with Crippen LogP contribution in [-0.2, 0) is 9.59 Å². The van der Waals surface area contributed by atoms with Crippen molar-refractivity contribution in [3.05, 3.63) is 0 Å². The van der Waals surface area contributed by atoms with Gasteiger partial charge in [0.15, 0.2) is 6.29 Å². The maximum atomic E-state index is 10.1. The van der Waals surface area contributed by atoms with Crippen LogP contribution in [0.5, 0.6) is 0 Å². The van der Waals surface area contributed by atoms with Gasteiger partial charge >= 0.3 is 12.0 Å². The lowest BCUT2D eigenvalue weighted by Crippen LogP contribution is -2.46. The van der Waals surface area contributed by atoms with Crippen molar-refractivity contribution in [3.8, 4) is 0 Å². The summed E-state index contributed by atoms with van der Waals surface area (Å²) in [6.07, 6.45) is -4.36. The zero-order chi connectivity index (χ0) is 20.6. The number of primary amides is 2. The minimum atomic E-state index is -1.79. The molecule has 0 aliphatic heterocycles. The van der Waals surface area contributed by atoms with Crippen LogP contribution in [0.15, 0.2) is 0 Å². The highest BCUT2D eigenvalue weighted by Crippen LogP contribution is 2.03. The molecule has 0 radical (unpaired) electrons. The predicted octanol–water partition coefficient (Wildman–Crippen LogP) is -4.20. The van der Waals surface area contributed by atoms with E-state index >= 15 is 0 Å². The van der Waals surface area contributed by atoms with E-state index in [1.165, 1.54) is 0 Å². The van der Waals surface area contributed by atoms with E-state index in [-0.39, 0.29) is 6.29 Å². The van der Waals surface area contributed by atoms with E-state index in [1.807, 2.05) is 6.26 Å². The van der Waals surface area contributed by atoms with E-state index in [4.69, 9.17) is 41.2 Å². The van der Waals surface area contributed by atoms with Crippen LogP contribution in [0.2, 0.25) is 0 Å². The fourth-order valence-corrected chi connectivity index (χ4v) is 1.48. The summed E-state index contributed by atoms with van der Waals surface area (Å²) in [5.74, 6) is -0.1000. The van der Waals surface area contributed by atoms with Gasteiger partial charge in [0.1, 0.15) is 30.5 Å². The molecule has 0 bridgehead atoms. The largest absolute Gasteiger partial charge is 0.480 e. The van der Waals surface area contributed by atoms with Crippen LogP contribution in [0.25, 0.3) is 0 Å². The molecule has 5 atom stereocenters. The molecule has 25 heavy (non-hydrogen) atoms. The number of nitrogens with two attached hydrogens (primary N) is 3. The number of carboxylic acid groups (broad SMARTS) is 1. The molecule has 150 valence electrons. The van der Waals surface area contributed by atoms with Gasteiger partial charge < -0.3 is 52.6 Å². The van der Waals surface area contributed by atoms with Gasteiger partial charge in [-0.1, -0.05) is 0 Å². The zero-order valence-electron chi connectivity index (χ0n) is 13.6. The third-order valence-corrected chi connectivity index (χ3v) is 3.01. The smallest absolute Gasteiger partial charge is 0.320 e. The van der Waals surface area contributed by atoms with Gasteiger partial charge in [-0.05, 0) is 18.4 Å². The summed E-state index contributed by atoms with van der Waals surface area (Å²) < 4.78 is 0. The predicted molar refractivity (Wildman–Crippen MR) is 89.6 cm³/mol. The standard InChI is InChI=1S/C6H12O6.C5H11NO2S.CH4N2O/c7-1-3(9)5(11)6(12)4(10)2-8;1-9-3-2-4(6)5(7)8;2-1(3)4/h1,3-6,8-12H,2H2;4H,2-3,6H2,1H3,(H,7,8);(H4,2,3,4)/t3-,4+,5+,6+;4-;/m00./s1. The topological polar surface area (TPSA) is 251 Å². The maximum Gasteiger partial charge on any atom is 0.320 e. The molecule has 0 saturated carbocycles. The second-order valence-corrected chi connectivity index (χ2v) is 5.47. The maximum absolute atomic E-state index is 10.1. The Balaban J connectivity index is -0.000000328. The van der Waals surface area contributed by atoms with Crippen LogP contribution >= 0.6 is 11.8 Å². The monoisotopic (exact) mass is 389 g/mol. The minimum Gasteiger partial charge on any atom is -0.480 e. The number of rotatable bonds is 9. The summed E-state index contributed by atoms with van der Waals surface area (Å²) >= 11 is 1.60. The molecule has 12 nitrogen and oxygen atoms in total. The Morgan fingerprint density at radius 1 is 1.12 bits per heavy atom. The molecule has 12 N–H and O–H groups in total. The van der Waals surface area contributed by atoms with Crippen LogP contribution in [0.1, 0.15) is 6.42 Å². The number of carboxylic acids is 1. The number of carbonyl (C=O) groups is 3. The van der Waals surface area contributed by atoms with Crippen molar-refractivity contribution in [2.45, 2.75) is 36.9 Å². The number of aliphatic carboxylic acids is 1. The Morgan fingerprint density at radius 3 is 1.84 bits per heavy atom. The summed E-state index contributed by atoms with van der Waals surface area (Å²) in [5, 5.41) is 51.8. The molecule has 0 fully saturated rings. The van der Waals surface area contributed by atoms with Gasteiger partial charge in [-0.3, -0.25) is 4.79 Å². The van der Waals surface area contributed by atoms with Crippen LogP contribution in [0.3, 0.4) is 0 Å². The third kappa shape index (κ3) is 18.7. The Kier molecular flexibility index (Phi) is 19.7. The number of thioether (sulfide) groups is 1. The molecule has 0 unspecified atom stereocenters. The van der Waals surface area contributed by atoms with E-state index in [2.05, 4.69) is 11.5 Å². The van der Waals surface area contributed by atoms with E-state index in [0.717, 1.165) is 5.75 Å². The van der Waals surface area contributed by atoms with Gasteiger partial charge in [-0.2, -0.15) is 11.8 Å². The summed E-state index contributed by atoms with van der Waals surface area (Å²) in [4.78, 5) is 29.0. The normalized spacial score (nSPS) is 15.8. The highest BCUT2D eigenvalue weighted by Gasteiger charge is 2.29. The lowest BCUT2D eigenvalue weighted by Gasteiger charge is -2.22. The minimum absolute atomic E-state index is 0.0258. The van der Waals surface area contributed by atoms with Crippen molar-refractivity contribution in [3.63, 3.8) is 0 Å². The van der Waals surface area contributed by atoms with Crippen molar-refractivity contribution < 1.29 is 45.0 Å². The Bertz CT molecular complexity index is 372. The van der Waals surface area contributed by atoms with Crippen molar-refractivity contribution >= 4 is 30.0 Å². The van der Waals surface area contributed by atoms with Crippen molar-refractivity contribution in [2.24, 2.45) is 17.2 Å². The Hall–Kier alpha value is -1.48. The third-order valence-electron chi connectivity index (χ3n) is 2.37. The summed E-state index contributed by atoms with van der Waals surface area (Å²) in [6, 6.07) is -1.52. The Morgan fingerprint density at radius 2 is 1.56 bits per heavy atom. The molecule has 0 rings (SSSR count). The second-order valence-electron chi connectivity index (χ2n) is 4.49. The van der Waals surface area contributed by atoms with Gasteiger partial charge in [-0.25, -0.2) is 4.79 Å². The van der Waals surface area contributed by atoms with E-state index in [9.17, 15) is 9.59 Å². The molecular weight excluding hydrogens is 362 g/mol.